The standard InChI is InChI=1S/C8H16O4S/c1-7(8(9)10)6-13(11)5-3-4-12-2/h7H,3-6H2,1-2H3,(H,9,10). The Morgan fingerprint density at radius 3 is 2.69 bits per heavy atom. The van der Waals surface area contributed by atoms with E-state index in [2.05, 4.69) is 0 Å². The van der Waals surface area contributed by atoms with Gasteiger partial charge in [0.15, 0.2) is 0 Å². The highest BCUT2D eigenvalue weighted by molar-refractivity contribution is 7.85. The summed E-state index contributed by atoms with van der Waals surface area (Å²) in [7, 11) is 0.553. The van der Waals surface area contributed by atoms with Crippen molar-refractivity contribution in [2.24, 2.45) is 5.92 Å². The Bertz CT molecular complexity index is 181. The summed E-state index contributed by atoms with van der Waals surface area (Å²) in [6.07, 6.45) is 0.718. The van der Waals surface area contributed by atoms with Crippen molar-refractivity contribution < 1.29 is 18.8 Å². The van der Waals surface area contributed by atoms with Crippen LogP contribution >= 0.6 is 0 Å². The predicted molar refractivity (Wildman–Crippen MR) is 51.2 cm³/mol. The van der Waals surface area contributed by atoms with Crippen LogP contribution in [0.3, 0.4) is 0 Å². The van der Waals surface area contributed by atoms with Gasteiger partial charge in [-0.3, -0.25) is 9.00 Å². The number of methoxy groups -OCH3 is 1. The van der Waals surface area contributed by atoms with Gasteiger partial charge >= 0.3 is 5.97 Å². The van der Waals surface area contributed by atoms with Crippen LogP contribution in [0.4, 0.5) is 0 Å². The molecule has 0 rings (SSSR count). The van der Waals surface area contributed by atoms with Crippen LogP contribution in [0, 0.1) is 5.92 Å². The summed E-state index contributed by atoms with van der Waals surface area (Å²) in [6.45, 7) is 2.14. The molecule has 0 amide bonds. The fourth-order valence-electron chi connectivity index (χ4n) is 0.798. The van der Waals surface area contributed by atoms with E-state index in [0.717, 1.165) is 6.42 Å². The first-order chi connectivity index (χ1) is 6.07. The number of aliphatic carboxylic acids is 1. The highest BCUT2D eigenvalue weighted by Gasteiger charge is 2.13. The molecule has 0 aromatic heterocycles. The number of ether oxygens (including phenoxy) is 1. The molecule has 1 N–H and O–H groups in total. The number of hydrogen-bond acceptors (Lipinski definition) is 3. The van der Waals surface area contributed by atoms with Crippen molar-refractivity contribution in [2.45, 2.75) is 13.3 Å². The third-order valence-corrected chi connectivity index (χ3v) is 3.19. The maximum atomic E-state index is 11.2. The van der Waals surface area contributed by atoms with Gasteiger partial charge in [-0.1, -0.05) is 6.92 Å². The van der Waals surface area contributed by atoms with E-state index in [9.17, 15) is 9.00 Å². The highest BCUT2D eigenvalue weighted by Crippen LogP contribution is 1.99. The zero-order valence-electron chi connectivity index (χ0n) is 7.99. The van der Waals surface area contributed by atoms with Crippen LogP contribution in [0.5, 0.6) is 0 Å². The van der Waals surface area contributed by atoms with Gasteiger partial charge in [0.2, 0.25) is 0 Å². The molecule has 0 aromatic rings. The van der Waals surface area contributed by atoms with E-state index in [4.69, 9.17) is 9.84 Å². The van der Waals surface area contributed by atoms with Crippen molar-refractivity contribution in [3.8, 4) is 0 Å². The van der Waals surface area contributed by atoms with Crippen LogP contribution < -0.4 is 0 Å². The second-order valence-corrected chi connectivity index (χ2v) is 4.52. The van der Waals surface area contributed by atoms with Crippen molar-refractivity contribution in [3.05, 3.63) is 0 Å². The van der Waals surface area contributed by atoms with Crippen molar-refractivity contribution in [2.75, 3.05) is 25.2 Å². The average Bonchev–Trinajstić information content (AvgIpc) is 2.04. The molecule has 5 heteroatoms. The summed E-state index contributed by atoms with van der Waals surface area (Å²) in [4.78, 5) is 10.4. The summed E-state index contributed by atoms with van der Waals surface area (Å²) in [5.41, 5.74) is 0. The summed E-state index contributed by atoms with van der Waals surface area (Å²) < 4.78 is 16.0. The van der Waals surface area contributed by atoms with Gasteiger partial charge in [-0.15, -0.1) is 0 Å². The van der Waals surface area contributed by atoms with Crippen LogP contribution in [-0.4, -0.2) is 40.5 Å². The molecule has 0 bridgehead atoms. The lowest BCUT2D eigenvalue weighted by molar-refractivity contribution is -0.140. The largest absolute Gasteiger partial charge is 0.481 e. The van der Waals surface area contributed by atoms with Gasteiger partial charge in [0.25, 0.3) is 0 Å². The molecule has 0 heterocycles. The third-order valence-electron chi connectivity index (χ3n) is 1.58. The smallest absolute Gasteiger partial charge is 0.307 e. The van der Waals surface area contributed by atoms with Gasteiger partial charge in [0, 0.05) is 36.0 Å². The van der Waals surface area contributed by atoms with Gasteiger partial charge in [0.1, 0.15) is 0 Å². The van der Waals surface area contributed by atoms with E-state index in [1.165, 1.54) is 0 Å². The molecule has 4 nitrogen and oxygen atoms in total. The number of rotatable bonds is 7. The van der Waals surface area contributed by atoms with Crippen molar-refractivity contribution in [3.63, 3.8) is 0 Å². The molecule has 0 saturated heterocycles. The first-order valence-electron chi connectivity index (χ1n) is 4.14. The molecule has 2 unspecified atom stereocenters. The molecule has 2 atom stereocenters. The van der Waals surface area contributed by atoms with Gasteiger partial charge in [-0.2, -0.15) is 0 Å². The fourth-order valence-corrected chi connectivity index (χ4v) is 2.10. The first kappa shape index (κ1) is 12.6. The molecule has 0 aliphatic heterocycles. The minimum atomic E-state index is -1.03. The summed E-state index contributed by atoms with van der Waals surface area (Å²) in [5.74, 6) is -0.659. The van der Waals surface area contributed by atoms with E-state index in [1.807, 2.05) is 0 Å². The molecule has 0 saturated carbocycles. The fraction of sp³-hybridized carbons (Fsp3) is 0.875. The zero-order valence-corrected chi connectivity index (χ0v) is 8.80. The molecular weight excluding hydrogens is 192 g/mol. The molecule has 13 heavy (non-hydrogen) atoms. The molecule has 0 fully saturated rings. The number of carbonyl (C=O) groups is 1. The van der Waals surface area contributed by atoms with Crippen molar-refractivity contribution in [1.82, 2.24) is 0 Å². The maximum absolute atomic E-state index is 11.2. The van der Waals surface area contributed by atoms with Crippen molar-refractivity contribution >= 4 is 16.8 Å². The Balaban J connectivity index is 3.56. The minimum Gasteiger partial charge on any atom is -0.481 e. The van der Waals surface area contributed by atoms with E-state index >= 15 is 0 Å². The third kappa shape index (κ3) is 6.72. The van der Waals surface area contributed by atoms with Gasteiger partial charge < -0.3 is 9.84 Å². The van der Waals surface area contributed by atoms with E-state index in [1.54, 1.807) is 14.0 Å². The Morgan fingerprint density at radius 1 is 1.62 bits per heavy atom. The second-order valence-electron chi connectivity index (χ2n) is 2.90. The summed E-state index contributed by atoms with van der Waals surface area (Å²) in [6, 6.07) is 0. The van der Waals surface area contributed by atoms with Gasteiger partial charge in [0.05, 0.1) is 5.92 Å². The molecule has 0 aliphatic carbocycles. The Labute approximate surface area is 80.7 Å². The maximum Gasteiger partial charge on any atom is 0.307 e. The highest BCUT2D eigenvalue weighted by atomic mass is 32.2. The Hall–Kier alpha value is -0.420. The Morgan fingerprint density at radius 2 is 2.23 bits per heavy atom. The van der Waals surface area contributed by atoms with Gasteiger partial charge in [-0.25, -0.2) is 0 Å². The lowest BCUT2D eigenvalue weighted by Gasteiger charge is -2.05. The number of hydrogen-bond donors (Lipinski definition) is 1. The molecule has 0 spiro atoms. The zero-order chi connectivity index (χ0) is 10.3. The topological polar surface area (TPSA) is 63.6 Å². The van der Waals surface area contributed by atoms with Crippen LogP contribution in [0.25, 0.3) is 0 Å². The van der Waals surface area contributed by atoms with Crippen molar-refractivity contribution in [1.29, 1.82) is 0 Å². The normalized spacial score (nSPS) is 15.2. The quantitative estimate of drug-likeness (QED) is 0.618. The predicted octanol–water partition coefficient (Wildman–Crippen LogP) is 0.492. The van der Waals surface area contributed by atoms with E-state index in [0.29, 0.717) is 12.4 Å². The molecule has 78 valence electrons. The van der Waals surface area contributed by atoms with Crippen LogP contribution in [-0.2, 0) is 20.3 Å². The number of carboxylic acids is 1. The second kappa shape index (κ2) is 7.03. The Kier molecular flexibility index (Phi) is 6.80. The first-order valence-corrected chi connectivity index (χ1v) is 5.63. The lowest BCUT2D eigenvalue weighted by Crippen LogP contribution is -2.19. The van der Waals surface area contributed by atoms with Gasteiger partial charge in [-0.05, 0) is 6.42 Å². The lowest BCUT2D eigenvalue weighted by atomic mass is 10.2. The average molecular weight is 208 g/mol. The minimum absolute atomic E-state index is 0.235. The SMILES string of the molecule is COCCCS(=O)CC(C)C(=O)O. The summed E-state index contributed by atoms with van der Waals surface area (Å²) in [5, 5.41) is 8.54. The van der Waals surface area contributed by atoms with Crippen LogP contribution in [0.15, 0.2) is 0 Å². The molecule has 0 aliphatic rings. The monoisotopic (exact) mass is 208 g/mol. The van der Waals surface area contributed by atoms with E-state index in [-0.39, 0.29) is 5.75 Å². The number of carboxylic acid groups (broad SMARTS) is 1. The molecule has 0 aromatic carbocycles. The van der Waals surface area contributed by atoms with Crippen LogP contribution in [0.2, 0.25) is 0 Å². The molecular formula is C8H16O4S. The van der Waals surface area contributed by atoms with E-state index < -0.39 is 22.7 Å². The van der Waals surface area contributed by atoms with Crippen LogP contribution in [0.1, 0.15) is 13.3 Å². The molecule has 0 radical (unpaired) electrons. The summed E-state index contributed by atoms with van der Waals surface area (Å²) >= 11 is 0.